The second-order valence-electron chi connectivity index (χ2n) is 4.78. The minimum Gasteiger partial charge on any atom is -0.303 e. The first-order valence-electron chi connectivity index (χ1n) is 6.35. The number of thiazole rings is 1. The van der Waals surface area contributed by atoms with Gasteiger partial charge in [0.1, 0.15) is 5.78 Å². The average molecular weight is 252 g/mol. The molecule has 1 atom stereocenters. The van der Waals surface area contributed by atoms with Crippen molar-refractivity contribution in [1.29, 1.82) is 0 Å². The predicted molar refractivity (Wildman–Crippen MR) is 70.6 cm³/mol. The van der Waals surface area contributed by atoms with E-state index in [-0.39, 0.29) is 5.78 Å². The van der Waals surface area contributed by atoms with Crippen LogP contribution in [0.3, 0.4) is 0 Å². The molecule has 1 aromatic rings. The largest absolute Gasteiger partial charge is 0.303 e. The van der Waals surface area contributed by atoms with Crippen LogP contribution in [-0.4, -0.2) is 35.3 Å². The van der Waals surface area contributed by atoms with Crippen LogP contribution in [0, 0.1) is 0 Å². The van der Waals surface area contributed by atoms with Crippen LogP contribution < -0.4 is 0 Å². The van der Waals surface area contributed by atoms with Crippen molar-refractivity contribution in [1.82, 2.24) is 9.88 Å². The summed E-state index contributed by atoms with van der Waals surface area (Å²) in [5.74, 6) is 0.799. The Morgan fingerprint density at radius 2 is 2.47 bits per heavy atom. The molecule has 0 amide bonds. The lowest BCUT2D eigenvalue weighted by molar-refractivity contribution is -0.116. The summed E-state index contributed by atoms with van der Waals surface area (Å²) in [6.07, 6.45) is 4.93. The molecule has 0 N–H and O–H groups in total. The fourth-order valence-corrected chi connectivity index (χ4v) is 3.50. The molecule has 0 bridgehead atoms. The first kappa shape index (κ1) is 12.7. The van der Waals surface area contributed by atoms with Gasteiger partial charge in [-0.2, -0.15) is 0 Å². The van der Waals surface area contributed by atoms with E-state index in [1.54, 1.807) is 18.3 Å². The second-order valence-corrected chi connectivity index (χ2v) is 5.92. The van der Waals surface area contributed by atoms with Gasteiger partial charge in [-0.3, -0.25) is 4.79 Å². The number of hydrogen-bond donors (Lipinski definition) is 0. The number of ketones is 1. The highest BCUT2D eigenvalue weighted by molar-refractivity contribution is 7.11. The Kier molecular flexibility index (Phi) is 4.29. The molecule has 2 heterocycles. The van der Waals surface area contributed by atoms with Gasteiger partial charge >= 0.3 is 0 Å². The van der Waals surface area contributed by atoms with E-state index >= 15 is 0 Å². The molecule has 1 fully saturated rings. The number of piperidine rings is 1. The van der Waals surface area contributed by atoms with E-state index < -0.39 is 0 Å². The lowest BCUT2D eigenvalue weighted by Crippen LogP contribution is -2.33. The summed E-state index contributed by atoms with van der Waals surface area (Å²) in [4.78, 5) is 19.2. The molecule has 1 aliphatic heterocycles. The molecule has 0 radical (unpaired) electrons. The maximum Gasteiger partial charge on any atom is 0.135 e. The van der Waals surface area contributed by atoms with Gasteiger partial charge in [-0.05, 0) is 32.9 Å². The zero-order valence-electron chi connectivity index (χ0n) is 10.6. The number of rotatable bonds is 4. The predicted octanol–water partition coefficient (Wildman–Crippen LogP) is 2.47. The number of Topliss-reactive ketones (excluding diaryl/α,β-unsaturated/α-hetero) is 1. The highest BCUT2D eigenvalue weighted by atomic mass is 32.1. The first-order valence-corrected chi connectivity index (χ1v) is 7.17. The minimum absolute atomic E-state index is 0.221. The van der Waals surface area contributed by atoms with Crippen molar-refractivity contribution in [3.63, 3.8) is 0 Å². The van der Waals surface area contributed by atoms with Crippen molar-refractivity contribution >= 4 is 17.1 Å². The van der Waals surface area contributed by atoms with Gasteiger partial charge in [0.25, 0.3) is 0 Å². The van der Waals surface area contributed by atoms with Crippen molar-refractivity contribution in [2.75, 3.05) is 19.6 Å². The summed E-state index contributed by atoms with van der Waals surface area (Å²) in [5, 5.41) is 1.22. The molecule has 0 aromatic carbocycles. The van der Waals surface area contributed by atoms with E-state index in [1.165, 1.54) is 24.4 Å². The van der Waals surface area contributed by atoms with Crippen molar-refractivity contribution < 1.29 is 4.79 Å². The lowest BCUT2D eigenvalue weighted by Gasteiger charge is -2.30. The standard InChI is InChI=1S/C13H20N2OS/c1-3-15-6-4-5-11(9-15)13-14-8-12(17-13)7-10(2)16/h8,11H,3-7,9H2,1-2H3. The number of likely N-dealkylation sites (N-methyl/N-ethyl adjacent to an activating group) is 1. The van der Waals surface area contributed by atoms with Crippen molar-refractivity contribution in [2.45, 2.75) is 39.0 Å². The molecule has 1 aromatic heterocycles. The lowest BCUT2D eigenvalue weighted by atomic mass is 9.99. The molecule has 17 heavy (non-hydrogen) atoms. The Balaban J connectivity index is 2.01. The maximum absolute atomic E-state index is 11.1. The fraction of sp³-hybridized carbons (Fsp3) is 0.692. The Bertz CT molecular complexity index is 389. The van der Waals surface area contributed by atoms with E-state index in [2.05, 4.69) is 16.8 Å². The molecular formula is C13H20N2OS. The van der Waals surface area contributed by atoms with E-state index in [1.807, 2.05) is 6.20 Å². The number of carbonyl (C=O) groups excluding carboxylic acids is 1. The van der Waals surface area contributed by atoms with Gasteiger partial charge in [-0.15, -0.1) is 11.3 Å². The summed E-state index contributed by atoms with van der Waals surface area (Å²) in [6, 6.07) is 0. The van der Waals surface area contributed by atoms with Gasteiger partial charge < -0.3 is 4.90 Å². The van der Waals surface area contributed by atoms with E-state index in [9.17, 15) is 4.79 Å². The SMILES string of the molecule is CCN1CCCC(c2ncc(CC(C)=O)s2)C1. The molecule has 1 saturated heterocycles. The third kappa shape index (κ3) is 3.36. The normalized spacial score (nSPS) is 21.6. The molecule has 2 rings (SSSR count). The smallest absolute Gasteiger partial charge is 0.135 e. The molecule has 4 heteroatoms. The van der Waals surface area contributed by atoms with Crippen molar-refractivity contribution in [3.8, 4) is 0 Å². The van der Waals surface area contributed by atoms with E-state index in [0.717, 1.165) is 18.0 Å². The first-order chi connectivity index (χ1) is 8.19. The highest BCUT2D eigenvalue weighted by Crippen LogP contribution is 2.30. The molecule has 94 valence electrons. The third-order valence-corrected chi connectivity index (χ3v) is 4.46. The van der Waals surface area contributed by atoms with Crippen molar-refractivity contribution in [2.24, 2.45) is 0 Å². The minimum atomic E-state index is 0.221. The van der Waals surface area contributed by atoms with Gasteiger partial charge in [-0.1, -0.05) is 6.92 Å². The Hall–Kier alpha value is -0.740. The zero-order chi connectivity index (χ0) is 12.3. The Morgan fingerprint density at radius 1 is 1.65 bits per heavy atom. The summed E-state index contributed by atoms with van der Waals surface area (Å²) in [5.41, 5.74) is 0. The van der Waals surface area contributed by atoms with E-state index in [0.29, 0.717) is 12.3 Å². The zero-order valence-corrected chi connectivity index (χ0v) is 11.4. The van der Waals surface area contributed by atoms with Crippen LogP contribution in [0.5, 0.6) is 0 Å². The van der Waals surface area contributed by atoms with Gasteiger partial charge in [0.15, 0.2) is 0 Å². The Labute approximate surface area is 107 Å². The van der Waals surface area contributed by atoms with Gasteiger partial charge in [0.05, 0.1) is 5.01 Å². The fourth-order valence-electron chi connectivity index (χ4n) is 2.38. The van der Waals surface area contributed by atoms with Crippen LogP contribution in [0.2, 0.25) is 0 Å². The maximum atomic E-state index is 11.1. The average Bonchev–Trinajstić information content (AvgIpc) is 2.77. The topological polar surface area (TPSA) is 33.2 Å². The van der Waals surface area contributed by atoms with Gasteiger partial charge in [0, 0.05) is 30.0 Å². The summed E-state index contributed by atoms with van der Waals surface area (Å²) >= 11 is 1.72. The third-order valence-electron chi connectivity index (χ3n) is 3.30. The number of hydrogen-bond acceptors (Lipinski definition) is 4. The molecule has 3 nitrogen and oxygen atoms in total. The van der Waals surface area contributed by atoms with Crippen LogP contribution >= 0.6 is 11.3 Å². The summed E-state index contributed by atoms with van der Waals surface area (Å²) in [6.45, 7) is 7.33. The van der Waals surface area contributed by atoms with Crippen LogP contribution in [0.15, 0.2) is 6.20 Å². The summed E-state index contributed by atoms with van der Waals surface area (Å²) < 4.78 is 0. The van der Waals surface area contributed by atoms with Crippen LogP contribution in [-0.2, 0) is 11.2 Å². The molecule has 0 spiro atoms. The number of carbonyl (C=O) groups is 1. The second kappa shape index (κ2) is 5.74. The molecule has 1 aliphatic rings. The van der Waals surface area contributed by atoms with Gasteiger partial charge in [-0.25, -0.2) is 4.98 Å². The highest BCUT2D eigenvalue weighted by Gasteiger charge is 2.22. The van der Waals surface area contributed by atoms with Crippen LogP contribution in [0.25, 0.3) is 0 Å². The van der Waals surface area contributed by atoms with Crippen LogP contribution in [0.4, 0.5) is 0 Å². The number of nitrogens with zero attached hydrogens (tertiary/aromatic N) is 2. The molecular weight excluding hydrogens is 232 g/mol. The number of likely N-dealkylation sites (tertiary alicyclic amines) is 1. The molecule has 0 saturated carbocycles. The van der Waals surface area contributed by atoms with Crippen LogP contribution in [0.1, 0.15) is 42.5 Å². The monoisotopic (exact) mass is 252 g/mol. The van der Waals surface area contributed by atoms with Gasteiger partial charge in [0.2, 0.25) is 0 Å². The molecule has 0 aliphatic carbocycles. The molecule has 1 unspecified atom stereocenters. The van der Waals surface area contributed by atoms with Crippen molar-refractivity contribution in [3.05, 3.63) is 16.1 Å². The summed E-state index contributed by atoms with van der Waals surface area (Å²) in [7, 11) is 0. The number of aromatic nitrogens is 1. The quantitative estimate of drug-likeness (QED) is 0.825. The van der Waals surface area contributed by atoms with E-state index in [4.69, 9.17) is 0 Å². The Morgan fingerprint density at radius 3 is 3.18 bits per heavy atom.